The lowest BCUT2D eigenvalue weighted by Gasteiger charge is -1.99. The first-order valence-electron chi connectivity index (χ1n) is 5.46. The molecule has 0 spiro atoms. The van der Waals surface area contributed by atoms with Gasteiger partial charge in [-0.2, -0.15) is 10.2 Å². The van der Waals surface area contributed by atoms with Crippen LogP contribution in [0.15, 0.2) is 16.8 Å². The lowest BCUT2D eigenvalue weighted by molar-refractivity contribution is 0.0182. The molecular formula is C11H10F2N4O2. The van der Waals surface area contributed by atoms with Crippen LogP contribution in [-0.4, -0.2) is 34.8 Å². The normalized spacial score (nSPS) is 10.8. The van der Waals surface area contributed by atoms with Crippen LogP contribution in [0.5, 0.6) is 0 Å². The van der Waals surface area contributed by atoms with Crippen molar-refractivity contribution >= 4 is 0 Å². The van der Waals surface area contributed by atoms with Crippen molar-refractivity contribution in [2.24, 2.45) is 0 Å². The van der Waals surface area contributed by atoms with Gasteiger partial charge in [-0.15, -0.1) is 0 Å². The Hall–Kier alpha value is -2.27. The van der Waals surface area contributed by atoms with Crippen molar-refractivity contribution in [1.29, 1.82) is 5.26 Å². The predicted molar refractivity (Wildman–Crippen MR) is 59.3 cm³/mol. The molecule has 6 nitrogen and oxygen atoms in total. The number of halogens is 2. The molecule has 2 aromatic rings. The number of nitrogens with zero attached hydrogens (tertiary/aromatic N) is 3. The van der Waals surface area contributed by atoms with Gasteiger partial charge in [-0.25, -0.2) is 8.78 Å². The van der Waals surface area contributed by atoms with Crippen molar-refractivity contribution in [3.8, 4) is 17.7 Å². The first-order valence-corrected chi connectivity index (χ1v) is 5.46. The summed E-state index contributed by atoms with van der Waals surface area (Å²) in [6.07, 6.45) is -0.684. The van der Waals surface area contributed by atoms with E-state index in [2.05, 4.69) is 15.1 Å². The average molecular weight is 268 g/mol. The first-order chi connectivity index (χ1) is 9.19. The van der Waals surface area contributed by atoms with Crippen LogP contribution in [0.3, 0.4) is 0 Å². The van der Waals surface area contributed by atoms with Crippen molar-refractivity contribution in [2.45, 2.75) is 12.8 Å². The molecule has 19 heavy (non-hydrogen) atoms. The third-order valence-corrected chi connectivity index (χ3v) is 2.22. The van der Waals surface area contributed by atoms with Crippen LogP contribution in [0.2, 0.25) is 0 Å². The van der Waals surface area contributed by atoms with E-state index in [0.717, 1.165) is 0 Å². The number of H-pyrrole nitrogens is 1. The Morgan fingerprint density at radius 3 is 3.05 bits per heavy atom. The SMILES string of the molecule is N#Cc1c[nH]c(-c2nc(CCOCC(F)F)no2)c1. The molecule has 0 radical (unpaired) electrons. The molecular weight excluding hydrogens is 258 g/mol. The lowest BCUT2D eigenvalue weighted by Crippen LogP contribution is -2.07. The Morgan fingerprint density at radius 2 is 2.37 bits per heavy atom. The third-order valence-electron chi connectivity index (χ3n) is 2.22. The Morgan fingerprint density at radius 1 is 1.53 bits per heavy atom. The van der Waals surface area contributed by atoms with Gasteiger partial charge in [0.25, 0.3) is 12.3 Å². The summed E-state index contributed by atoms with van der Waals surface area (Å²) in [6.45, 7) is -0.510. The molecule has 0 atom stereocenters. The fourth-order valence-electron chi connectivity index (χ4n) is 1.38. The van der Waals surface area contributed by atoms with E-state index in [4.69, 9.17) is 14.5 Å². The highest BCUT2D eigenvalue weighted by molar-refractivity contribution is 5.51. The van der Waals surface area contributed by atoms with Crippen molar-refractivity contribution in [2.75, 3.05) is 13.2 Å². The van der Waals surface area contributed by atoms with Crippen molar-refractivity contribution in [1.82, 2.24) is 15.1 Å². The molecule has 0 unspecified atom stereocenters. The van der Waals surface area contributed by atoms with Gasteiger partial charge in [0.15, 0.2) is 5.82 Å². The minimum Gasteiger partial charge on any atom is -0.375 e. The second-order valence-corrected chi connectivity index (χ2v) is 3.65. The van der Waals surface area contributed by atoms with Gasteiger partial charge in [0.2, 0.25) is 0 Å². The molecule has 2 rings (SSSR count). The van der Waals surface area contributed by atoms with Gasteiger partial charge in [0, 0.05) is 12.6 Å². The molecule has 0 aliphatic carbocycles. The highest BCUT2D eigenvalue weighted by atomic mass is 19.3. The Bertz CT molecular complexity index is 573. The smallest absolute Gasteiger partial charge is 0.274 e. The van der Waals surface area contributed by atoms with Crippen LogP contribution in [0.25, 0.3) is 11.6 Å². The fourth-order valence-corrected chi connectivity index (χ4v) is 1.38. The van der Waals surface area contributed by atoms with Gasteiger partial charge in [-0.05, 0) is 6.07 Å². The standard InChI is InChI=1S/C11H10F2N4O2/c12-9(13)6-18-2-1-10-16-11(19-17-10)8-3-7(4-14)5-15-8/h3,5,9,15H,1-2,6H2. The van der Waals surface area contributed by atoms with E-state index in [0.29, 0.717) is 17.1 Å². The summed E-state index contributed by atoms with van der Waals surface area (Å²) in [5.41, 5.74) is 0.985. The highest BCUT2D eigenvalue weighted by Crippen LogP contribution is 2.16. The van der Waals surface area contributed by atoms with E-state index in [1.165, 1.54) is 6.20 Å². The number of aromatic amines is 1. The molecule has 1 N–H and O–H groups in total. The molecule has 2 heterocycles. The summed E-state index contributed by atoms with van der Waals surface area (Å²) in [5.74, 6) is 0.600. The van der Waals surface area contributed by atoms with Crippen LogP contribution in [0, 0.1) is 11.3 Å². The highest BCUT2D eigenvalue weighted by Gasteiger charge is 2.11. The number of hydrogen-bond acceptors (Lipinski definition) is 5. The lowest BCUT2D eigenvalue weighted by atomic mass is 10.3. The first kappa shape index (κ1) is 13.2. The minimum absolute atomic E-state index is 0.0947. The largest absolute Gasteiger partial charge is 0.375 e. The number of rotatable bonds is 6. The summed E-state index contributed by atoms with van der Waals surface area (Å²) in [7, 11) is 0. The number of nitrogens with one attached hydrogen (secondary N) is 1. The van der Waals surface area contributed by atoms with Crippen LogP contribution in [0.4, 0.5) is 8.78 Å². The molecule has 100 valence electrons. The van der Waals surface area contributed by atoms with Gasteiger partial charge in [-0.3, -0.25) is 0 Å². The van der Waals surface area contributed by atoms with E-state index in [1.54, 1.807) is 6.07 Å². The third kappa shape index (κ3) is 3.59. The van der Waals surface area contributed by atoms with Gasteiger partial charge in [0.05, 0.1) is 12.2 Å². The summed E-state index contributed by atoms with van der Waals surface area (Å²) >= 11 is 0. The van der Waals surface area contributed by atoms with Crippen molar-refractivity contribution in [3.63, 3.8) is 0 Å². The van der Waals surface area contributed by atoms with Gasteiger partial charge < -0.3 is 14.2 Å². The van der Waals surface area contributed by atoms with Crippen LogP contribution >= 0.6 is 0 Å². The average Bonchev–Trinajstić information content (AvgIpc) is 3.02. The zero-order valence-electron chi connectivity index (χ0n) is 9.77. The quantitative estimate of drug-likeness (QED) is 0.806. The van der Waals surface area contributed by atoms with Gasteiger partial charge in [-0.1, -0.05) is 5.16 Å². The van der Waals surface area contributed by atoms with Gasteiger partial charge >= 0.3 is 0 Å². The van der Waals surface area contributed by atoms with Gasteiger partial charge in [0.1, 0.15) is 18.4 Å². The zero-order valence-corrected chi connectivity index (χ0v) is 9.77. The van der Waals surface area contributed by atoms with Crippen LogP contribution in [0.1, 0.15) is 11.4 Å². The Labute approximate surface area is 107 Å². The fraction of sp³-hybridized carbons (Fsp3) is 0.364. The van der Waals surface area contributed by atoms with E-state index >= 15 is 0 Å². The maximum absolute atomic E-state index is 11.8. The Kier molecular flexibility index (Phi) is 4.20. The minimum atomic E-state index is -2.48. The molecule has 8 heteroatoms. The molecule has 0 aliphatic heterocycles. The topological polar surface area (TPSA) is 87.7 Å². The maximum atomic E-state index is 11.8. The molecule has 0 aliphatic rings. The number of ether oxygens (including phenoxy) is 1. The van der Waals surface area contributed by atoms with E-state index < -0.39 is 13.0 Å². The van der Waals surface area contributed by atoms with E-state index in [-0.39, 0.29) is 18.9 Å². The summed E-state index contributed by atoms with van der Waals surface area (Å²) < 4.78 is 33.3. The number of aromatic nitrogens is 3. The molecule has 0 amide bonds. The number of hydrogen-bond donors (Lipinski definition) is 1. The molecule has 0 saturated heterocycles. The zero-order chi connectivity index (χ0) is 13.7. The molecule has 0 fully saturated rings. The summed E-state index contributed by atoms with van der Waals surface area (Å²) in [4.78, 5) is 6.88. The summed E-state index contributed by atoms with van der Waals surface area (Å²) in [6, 6.07) is 3.54. The molecule has 0 saturated carbocycles. The monoisotopic (exact) mass is 268 g/mol. The number of alkyl halides is 2. The van der Waals surface area contributed by atoms with E-state index in [9.17, 15) is 8.78 Å². The van der Waals surface area contributed by atoms with Crippen LogP contribution < -0.4 is 0 Å². The van der Waals surface area contributed by atoms with Crippen molar-refractivity contribution < 1.29 is 18.0 Å². The Balaban J connectivity index is 1.90. The number of nitriles is 1. The molecule has 0 bridgehead atoms. The predicted octanol–water partition coefficient (Wildman–Crippen LogP) is 1.76. The summed E-state index contributed by atoms with van der Waals surface area (Å²) in [5, 5.41) is 12.4. The van der Waals surface area contributed by atoms with Crippen molar-refractivity contribution in [3.05, 3.63) is 23.7 Å². The second kappa shape index (κ2) is 6.06. The molecule has 0 aromatic carbocycles. The maximum Gasteiger partial charge on any atom is 0.274 e. The van der Waals surface area contributed by atoms with E-state index in [1.807, 2.05) is 6.07 Å². The molecule has 2 aromatic heterocycles. The second-order valence-electron chi connectivity index (χ2n) is 3.65. The van der Waals surface area contributed by atoms with Crippen LogP contribution in [-0.2, 0) is 11.2 Å².